The summed E-state index contributed by atoms with van der Waals surface area (Å²) in [6.45, 7) is 16.6. The Balaban J connectivity index is 1.97. The summed E-state index contributed by atoms with van der Waals surface area (Å²) < 4.78 is 8.11. The summed E-state index contributed by atoms with van der Waals surface area (Å²) in [5, 5.41) is 9.59. The molecule has 6 nitrogen and oxygen atoms in total. The molecular formula is C29H37N5OSi. The third-order valence-corrected chi connectivity index (χ3v) is 14.1. The molecule has 2 aromatic heterocycles. The summed E-state index contributed by atoms with van der Waals surface area (Å²) in [6, 6.07) is 7.97. The summed E-state index contributed by atoms with van der Waals surface area (Å²) in [6.07, 6.45) is 4.85. The van der Waals surface area contributed by atoms with Crippen LogP contribution in [0.5, 0.6) is 0 Å². The molecule has 4 rings (SSSR count). The van der Waals surface area contributed by atoms with Crippen LogP contribution in [0.25, 0.3) is 22.6 Å². The normalized spacial score (nSPS) is 16.4. The molecule has 3 aromatic rings. The summed E-state index contributed by atoms with van der Waals surface area (Å²) in [5.41, 5.74) is 9.82. The Morgan fingerprint density at radius 1 is 1.06 bits per heavy atom. The van der Waals surface area contributed by atoms with Crippen LogP contribution in [0.15, 0.2) is 24.5 Å². The van der Waals surface area contributed by atoms with Crippen molar-refractivity contribution in [1.29, 1.82) is 5.26 Å². The zero-order chi connectivity index (χ0) is 26.0. The van der Waals surface area contributed by atoms with Gasteiger partial charge >= 0.3 is 0 Å². The Morgan fingerprint density at radius 3 is 2.39 bits per heavy atom. The number of aromatic nitrogens is 4. The van der Waals surface area contributed by atoms with Crippen LogP contribution in [0, 0.1) is 29.7 Å². The zero-order valence-electron chi connectivity index (χ0n) is 22.6. The zero-order valence-corrected chi connectivity index (χ0v) is 23.6. The predicted octanol–water partition coefficient (Wildman–Crippen LogP) is 6.94. The molecule has 0 radical (unpaired) electrons. The number of nitriles is 1. The number of nitrogens with zero attached hydrogens (tertiary/aromatic N) is 5. The summed E-state index contributed by atoms with van der Waals surface area (Å²) in [7, 11) is -1.97. The lowest BCUT2D eigenvalue weighted by molar-refractivity contribution is -0.0298. The smallest absolute Gasteiger partial charge is 0.167 e. The van der Waals surface area contributed by atoms with Crippen LogP contribution in [-0.4, -0.2) is 34.2 Å². The number of imidazole rings is 1. The van der Waals surface area contributed by atoms with Crippen LogP contribution in [-0.2, 0) is 4.74 Å². The van der Waals surface area contributed by atoms with E-state index in [4.69, 9.17) is 19.7 Å². The molecule has 1 unspecified atom stereocenters. The first kappa shape index (κ1) is 26.1. The molecular weight excluding hydrogens is 462 g/mol. The molecule has 0 spiro atoms. The van der Waals surface area contributed by atoms with Gasteiger partial charge in [-0.3, -0.25) is 4.57 Å². The van der Waals surface area contributed by atoms with Crippen molar-refractivity contribution in [2.24, 2.45) is 0 Å². The molecule has 1 atom stereocenters. The lowest BCUT2D eigenvalue weighted by Crippen LogP contribution is -2.43. The maximum atomic E-state index is 9.59. The number of hydrogen-bond acceptors (Lipinski definition) is 5. The number of rotatable bonds is 5. The van der Waals surface area contributed by atoms with Gasteiger partial charge in [-0.15, -0.1) is 5.54 Å². The summed E-state index contributed by atoms with van der Waals surface area (Å²) in [4.78, 5) is 14.7. The van der Waals surface area contributed by atoms with E-state index in [1.807, 2.05) is 36.0 Å². The Morgan fingerprint density at radius 2 is 1.78 bits per heavy atom. The molecule has 36 heavy (non-hydrogen) atoms. The van der Waals surface area contributed by atoms with Gasteiger partial charge < -0.3 is 4.74 Å². The van der Waals surface area contributed by atoms with Gasteiger partial charge in [-0.1, -0.05) is 59.6 Å². The van der Waals surface area contributed by atoms with Crippen LogP contribution in [0.1, 0.15) is 83.9 Å². The minimum absolute atomic E-state index is 0.0886. The molecule has 0 saturated carbocycles. The lowest BCUT2D eigenvalue weighted by atomic mass is 10.0. The number of hydrogen-bond donors (Lipinski definition) is 0. The van der Waals surface area contributed by atoms with E-state index < -0.39 is 8.07 Å². The molecule has 7 heteroatoms. The van der Waals surface area contributed by atoms with Crippen molar-refractivity contribution in [3.63, 3.8) is 0 Å². The summed E-state index contributed by atoms with van der Waals surface area (Å²) >= 11 is 0. The first-order valence-corrected chi connectivity index (χ1v) is 15.3. The van der Waals surface area contributed by atoms with Gasteiger partial charge in [0.15, 0.2) is 11.5 Å². The van der Waals surface area contributed by atoms with Gasteiger partial charge in [0.25, 0.3) is 0 Å². The number of benzene rings is 1. The van der Waals surface area contributed by atoms with E-state index in [2.05, 4.69) is 59.1 Å². The molecule has 0 N–H and O–H groups in total. The molecule has 1 saturated heterocycles. The van der Waals surface area contributed by atoms with Crippen LogP contribution >= 0.6 is 0 Å². The van der Waals surface area contributed by atoms with Crippen molar-refractivity contribution < 1.29 is 4.74 Å². The minimum Gasteiger partial charge on any atom is -0.358 e. The minimum atomic E-state index is -1.97. The second kappa shape index (κ2) is 10.5. The van der Waals surface area contributed by atoms with Crippen LogP contribution < -0.4 is 0 Å². The van der Waals surface area contributed by atoms with Crippen LogP contribution in [0.2, 0.25) is 16.6 Å². The lowest BCUT2D eigenvalue weighted by Gasteiger charge is -2.38. The monoisotopic (exact) mass is 499 g/mol. The number of fused-ring (bicyclic) bond motifs is 1. The SMILES string of the molecule is Cc1c(C#N)cccc1-c1nc(C#C[Si](C(C)C)(C(C)C)C(C)C)c2ncn(C3CCCCO3)c2n1. The quantitative estimate of drug-likeness (QED) is 0.281. The fraction of sp³-hybridized carbons (Fsp3) is 0.517. The van der Waals surface area contributed by atoms with Gasteiger partial charge in [0.05, 0.1) is 18.0 Å². The molecule has 0 bridgehead atoms. The predicted molar refractivity (Wildman–Crippen MR) is 147 cm³/mol. The van der Waals surface area contributed by atoms with E-state index in [1.165, 1.54) is 0 Å². The van der Waals surface area contributed by atoms with Gasteiger partial charge in [-0.2, -0.15) is 5.26 Å². The fourth-order valence-electron chi connectivity index (χ4n) is 5.88. The summed E-state index contributed by atoms with van der Waals surface area (Å²) in [5.74, 6) is 4.10. The maximum absolute atomic E-state index is 9.59. The highest BCUT2D eigenvalue weighted by Crippen LogP contribution is 2.41. The molecule has 0 aliphatic carbocycles. The number of ether oxygens (including phenoxy) is 1. The maximum Gasteiger partial charge on any atom is 0.167 e. The Labute approximate surface area is 216 Å². The van der Waals surface area contributed by atoms with Crippen molar-refractivity contribution in [3.8, 4) is 28.9 Å². The van der Waals surface area contributed by atoms with Crippen molar-refractivity contribution in [2.75, 3.05) is 6.61 Å². The van der Waals surface area contributed by atoms with E-state index in [9.17, 15) is 5.26 Å². The van der Waals surface area contributed by atoms with E-state index >= 15 is 0 Å². The average Bonchev–Trinajstić information content (AvgIpc) is 3.28. The topological polar surface area (TPSA) is 76.6 Å². The standard InChI is InChI=1S/C29H37N5OSi/c1-19(2)36(20(3)4,21(5)6)16-14-25-27-29(34(18-31-27)26-13-8-9-15-35-26)33-28(32-25)24-12-10-11-23(17-30)22(24)7/h10-12,18-21,26H,8-9,13,15H2,1-7H3. The van der Waals surface area contributed by atoms with Gasteiger partial charge in [-0.25, -0.2) is 15.0 Å². The van der Waals surface area contributed by atoms with Gasteiger partial charge in [0.2, 0.25) is 0 Å². The molecule has 1 fully saturated rings. The van der Waals surface area contributed by atoms with Crippen molar-refractivity contribution >= 4 is 19.2 Å². The van der Waals surface area contributed by atoms with Gasteiger partial charge in [0.1, 0.15) is 25.5 Å². The molecule has 3 heterocycles. The molecule has 1 aliphatic rings. The second-order valence-electron chi connectivity index (χ2n) is 10.8. The highest BCUT2D eigenvalue weighted by molar-refractivity contribution is 6.90. The van der Waals surface area contributed by atoms with Crippen molar-refractivity contribution in [1.82, 2.24) is 19.5 Å². The third-order valence-electron chi connectivity index (χ3n) is 7.85. The van der Waals surface area contributed by atoms with Crippen LogP contribution in [0.4, 0.5) is 0 Å². The van der Waals surface area contributed by atoms with E-state index in [0.717, 1.165) is 42.6 Å². The first-order valence-electron chi connectivity index (χ1n) is 13.1. The van der Waals surface area contributed by atoms with E-state index in [0.29, 0.717) is 39.2 Å². The Kier molecular flexibility index (Phi) is 7.64. The highest BCUT2D eigenvalue weighted by Gasteiger charge is 2.41. The Hall–Kier alpha value is -3.00. The van der Waals surface area contributed by atoms with Crippen LogP contribution in [0.3, 0.4) is 0 Å². The molecule has 188 valence electrons. The van der Waals surface area contributed by atoms with Crippen molar-refractivity contribution in [3.05, 3.63) is 41.3 Å². The third kappa shape index (κ3) is 4.58. The van der Waals surface area contributed by atoms with E-state index in [1.54, 1.807) is 0 Å². The Bertz CT molecular complexity index is 1330. The average molecular weight is 500 g/mol. The fourth-order valence-corrected chi connectivity index (χ4v) is 11.1. The van der Waals surface area contributed by atoms with Gasteiger partial charge in [0, 0.05) is 12.2 Å². The second-order valence-corrected chi connectivity index (χ2v) is 16.4. The molecule has 1 aliphatic heterocycles. The molecule has 1 aromatic carbocycles. The largest absolute Gasteiger partial charge is 0.358 e. The van der Waals surface area contributed by atoms with Crippen molar-refractivity contribution in [2.45, 2.75) is 90.6 Å². The van der Waals surface area contributed by atoms with E-state index in [-0.39, 0.29) is 6.23 Å². The highest BCUT2D eigenvalue weighted by atomic mass is 28.3. The first-order chi connectivity index (χ1) is 17.2. The van der Waals surface area contributed by atoms with Gasteiger partial charge in [-0.05, 0) is 54.4 Å². The molecule has 0 amide bonds.